The van der Waals surface area contributed by atoms with E-state index in [1.807, 2.05) is 0 Å². The molecule has 0 aliphatic carbocycles. The van der Waals surface area contributed by atoms with E-state index in [0.717, 1.165) is 12.8 Å². The molecule has 0 atom stereocenters. The maximum Gasteiger partial charge on any atom is 0.0457 e. The first-order chi connectivity index (χ1) is 9.81. The number of rotatable bonds is 4. The summed E-state index contributed by atoms with van der Waals surface area (Å²) < 4.78 is 0. The summed E-state index contributed by atoms with van der Waals surface area (Å²) in [4.78, 5) is 3.43. The molecule has 1 aromatic heterocycles. The summed E-state index contributed by atoms with van der Waals surface area (Å²) in [6, 6.07) is 19.5. The normalized spacial score (nSPS) is 11.9. The van der Waals surface area contributed by atoms with Gasteiger partial charge in [-0.1, -0.05) is 62.4 Å². The highest BCUT2D eigenvalue weighted by atomic mass is 14.7. The summed E-state index contributed by atoms with van der Waals surface area (Å²) in [7, 11) is 0. The van der Waals surface area contributed by atoms with Gasteiger partial charge in [0, 0.05) is 22.5 Å². The van der Waals surface area contributed by atoms with Crippen LogP contribution in [-0.4, -0.2) is 4.98 Å². The van der Waals surface area contributed by atoms with Crippen molar-refractivity contribution >= 4 is 10.9 Å². The SMILES string of the molecule is CCC(CC)(c1ccccc1)c1c[nH]c2ccccc12. The van der Waals surface area contributed by atoms with Crippen molar-refractivity contribution in [2.75, 3.05) is 0 Å². The molecule has 0 saturated heterocycles. The first-order valence-electron chi connectivity index (χ1n) is 7.44. The van der Waals surface area contributed by atoms with Gasteiger partial charge in [0.2, 0.25) is 0 Å². The fourth-order valence-electron chi connectivity index (χ4n) is 3.42. The summed E-state index contributed by atoms with van der Waals surface area (Å²) in [5.41, 5.74) is 4.16. The summed E-state index contributed by atoms with van der Waals surface area (Å²) >= 11 is 0. The van der Waals surface area contributed by atoms with Crippen LogP contribution in [0.4, 0.5) is 0 Å². The molecule has 0 bridgehead atoms. The minimum atomic E-state index is 0.0981. The number of H-pyrrole nitrogens is 1. The molecule has 0 spiro atoms. The first kappa shape index (κ1) is 13.0. The van der Waals surface area contributed by atoms with Crippen LogP contribution in [-0.2, 0) is 5.41 Å². The van der Waals surface area contributed by atoms with Crippen LogP contribution in [0.5, 0.6) is 0 Å². The van der Waals surface area contributed by atoms with Gasteiger partial charge in [-0.05, 0) is 30.0 Å². The van der Waals surface area contributed by atoms with Crippen molar-refractivity contribution in [1.82, 2.24) is 4.98 Å². The monoisotopic (exact) mass is 263 g/mol. The van der Waals surface area contributed by atoms with Crippen molar-refractivity contribution in [2.24, 2.45) is 0 Å². The molecule has 0 aliphatic heterocycles. The highest BCUT2D eigenvalue weighted by Crippen LogP contribution is 2.41. The smallest absolute Gasteiger partial charge is 0.0457 e. The predicted molar refractivity (Wildman–Crippen MR) is 86.1 cm³/mol. The Kier molecular flexibility index (Phi) is 3.35. The zero-order chi connectivity index (χ0) is 14.0. The second-order valence-corrected chi connectivity index (χ2v) is 5.40. The van der Waals surface area contributed by atoms with Crippen LogP contribution in [0.15, 0.2) is 60.8 Å². The molecular weight excluding hydrogens is 242 g/mol. The van der Waals surface area contributed by atoms with Crippen molar-refractivity contribution in [1.29, 1.82) is 0 Å². The summed E-state index contributed by atoms with van der Waals surface area (Å²) in [6.07, 6.45) is 4.41. The van der Waals surface area contributed by atoms with E-state index in [1.54, 1.807) is 0 Å². The third kappa shape index (κ3) is 1.85. The number of aromatic amines is 1. The molecule has 0 aliphatic rings. The van der Waals surface area contributed by atoms with Gasteiger partial charge >= 0.3 is 0 Å². The van der Waals surface area contributed by atoms with Gasteiger partial charge in [-0.15, -0.1) is 0 Å². The Balaban J connectivity index is 2.26. The number of para-hydroxylation sites is 1. The van der Waals surface area contributed by atoms with Crippen molar-refractivity contribution in [3.05, 3.63) is 71.9 Å². The van der Waals surface area contributed by atoms with Crippen LogP contribution in [0.25, 0.3) is 10.9 Å². The van der Waals surface area contributed by atoms with Crippen molar-refractivity contribution in [3.8, 4) is 0 Å². The fraction of sp³-hybridized carbons (Fsp3) is 0.263. The maximum atomic E-state index is 3.43. The lowest BCUT2D eigenvalue weighted by Crippen LogP contribution is -2.25. The Morgan fingerprint density at radius 2 is 1.50 bits per heavy atom. The number of hydrogen-bond acceptors (Lipinski definition) is 0. The molecule has 102 valence electrons. The average Bonchev–Trinajstić information content (AvgIpc) is 2.95. The molecule has 1 N–H and O–H groups in total. The highest BCUT2D eigenvalue weighted by molar-refractivity contribution is 5.85. The first-order valence-corrected chi connectivity index (χ1v) is 7.44. The number of hydrogen-bond donors (Lipinski definition) is 1. The van der Waals surface area contributed by atoms with Gasteiger partial charge < -0.3 is 4.98 Å². The minimum Gasteiger partial charge on any atom is -0.361 e. The van der Waals surface area contributed by atoms with Gasteiger partial charge in [-0.2, -0.15) is 0 Å². The summed E-state index contributed by atoms with van der Waals surface area (Å²) in [5, 5.41) is 1.35. The molecule has 3 rings (SSSR count). The Morgan fingerprint density at radius 3 is 2.20 bits per heavy atom. The van der Waals surface area contributed by atoms with Crippen molar-refractivity contribution in [3.63, 3.8) is 0 Å². The Labute approximate surface area is 120 Å². The molecule has 0 radical (unpaired) electrons. The van der Waals surface area contributed by atoms with Gasteiger partial charge in [0.25, 0.3) is 0 Å². The number of aromatic nitrogens is 1. The minimum absolute atomic E-state index is 0.0981. The van der Waals surface area contributed by atoms with Crippen molar-refractivity contribution in [2.45, 2.75) is 32.1 Å². The van der Waals surface area contributed by atoms with Gasteiger partial charge in [0.1, 0.15) is 0 Å². The van der Waals surface area contributed by atoms with Gasteiger partial charge in [-0.3, -0.25) is 0 Å². The van der Waals surface area contributed by atoms with E-state index in [1.165, 1.54) is 22.0 Å². The fourth-order valence-corrected chi connectivity index (χ4v) is 3.42. The topological polar surface area (TPSA) is 15.8 Å². The zero-order valence-electron chi connectivity index (χ0n) is 12.2. The highest BCUT2D eigenvalue weighted by Gasteiger charge is 2.32. The van der Waals surface area contributed by atoms with E-state index >= 15 is 0 Å². The molecule has 0 unspecified atom stereocenters. The van der Waals surface area contributed by atoms with E-state index in [-0.39, 0.29) is 5.41 Å². The molecular formula is C19H21N. The van der Waals surface area contributed by atoms with E-state index in [0.29, 0.717) is 0 Å². The molecule has 2 aromatic carbocycles. The molecule has 0 fully saturated rings. The molecule has 20 heavy (non-hydrogen) atoms. The lowest BCUT2D eigenvalue weighted by molar-refractivity contribution is 0.482. The molecule has 1 heterocycles. The van der Waals surface area contributed by atoms with Crippen LogP contribution in [0.2, 0.25) is 0 Å². The molecule has 1 heteroatoms. The van der Waals surface area contributed by atoms with Crippen LogP contribution >= 0.6 is 0 Å². The Bertz CT molecular complexity index is 690. The standard InChI is InChI=1S/C19H21N/c1-3-19(4-2,15-10-6-5-7-11-15)17-14-20-18-13-9-8-12-16(17)18/h5-14,20H,3-4H2,1-2H3. The summed E-state index contributed by atoms with van der Waals surface area (Å²) in [5.74, 6) is 0. The van der Waals surface area contributed by atoms with Gasteiger partial charge in [-0.25, -0.2) is 0 Å². The quantitative estimate of drug-likeness (QED) is 0.659. The third-order valence-corrected chi connectivity index (χ3v) is 4.64. The van der Waals surface area contributed by atoms with Crippen LogP contribution in [0.1, 0.15) is 37.8 Å². The molecule has 3 aromatic rings. The zero-order valence-corrected chi connectivity index (χ0v) is 12.2. The van der Waals surface area contributed by atoms with Crippen LogP contribution in [0.3, 0.4) is 0 Å². The second kappa shape index (κ2) is 5.16. The second-order valence-electron chi connectivity index (χ2n) is 5.40. The Hall–Kier alpha value is -2.02. The summed E-state index contributed by atoms with van der Waals surface area (Å²) in [6.45, 7) is 4.58. The van der Waals surface area contributed by atoms with E-state index in [2.05, 4.69) is 79.6 Å². The van der Waals surface area contributed by atoms with Crippen molar-refractivity contribution < 1.29 is 0 Å². The molecule has 0 saturated carbocycles. The number of nitrogens with one attached hydrogen (secondary N) is 1. The predicted octanol–water partition coefficient (Wildman–Crippen LogP) is 5.27. The molecule has 0 amide bonds. The van der Waals surface area contributed by atoms with Crippen LogP contribution < -0.4 is 0 Å². The van der Waals surface area contributed by atoms with E-state index in [4.69, 9.17) is 0 Å². The number of fused-ring (bicyclic) bond motifs is 1. The average molecular weight is 263 g/mol. The van der Waals surface area contributed by atoms with E-state index in [9.17, 15) is 0 Å². The Morgan fingerprint density at radius 1 is 0.850 bits per heavy atom. The largest absolute Gasteiger partial charge is 0.361 e. The van der Waals surface area contributed by atoms with Crippen LogP contribution in [0, 0.1) is 0 Å². The lowest BCUT2D eigenvalue weighted by Gasteiger charge is -2.32. The molecule has 1 nitrogen and oxygen atoms in total. The third-order valence-electron chi connectivity index (χ3n) is 4.64. The maximum absolute atomic E-state index is 3.43. The lowest BCUT2D eigenvalue weighted by atomic mass is 9.70. The van der Waals surface area contributed by atoms with Gasteiger partial charge in [0.15, 0.2) is 0 Å². The van der Waals surface area contributed by atoms with Gasteiger partial charge in [0.05, 0.1) is 0 Å². The number of benzene rings is 2. The van der Waals surface area contributed by atoms with E-state index < -0.39 is 0 Å².